The maximum absolute atomic E-state index is 3.16. The van der Waals surface area contributed by atoms with Gasteiger partial charge in [0, 0.05) is 49.4 Å². The molecule has 0 radical (unpaired) electrons. The molecule has 0 amide bonds. The minimum atomic E-state index is -3.16. The van der Waals surface area contributed by atoms with Crippen molar-refractivity contribution in [3.63, 3.8) is 0 Å². The van der Waals surface area contributed by atoms with Crippen LogP contribution in [0.5, 0.6) is 0 Å². The quantitative estimate of drug-likeness (QED) is 0.107. The third-order valence-electron chi connectivity index (χ3n) is 14.8. The molecular formula is C66H45N3Si. The topological polar surface area (TPSA) is 14.8 Å². The molecule has 3 nitrogen and oxygen atoms in total. The van der Waals surface area contributed by atoms with E-state index in [0.29, 0.717) is 0 Å². The van der Waals surface area contributed by atoms with E-state index in [1.54, 1.807) is 0 Å². The van der Waals surface area contributed by atoms with Crippen LogP contribution in [0.1, 0.15) is 0 Å². The normalized spacial score (nSPS) is 12.0. The summed E-state index contributed by atoms with van der Waals surface area (Å²) in [6, 6.07) is 102. The Labute approximate surface area is 407 Å². The standard InChI is InChI=1S/C66H45N3Si/c1-5-22-46(23-6-1)47-24-21-25-48(42-47)67-59-36-17-13-34-55(59)57-41-40-49(43-63(57)67)68-60-37-18-16-35-56(60)58-44-65(69-61-38-19-14-32-53(61)54-33-15-20-39-62(54)69)66(45-64(58)68)70(50-26-7-2-8-27-50,51-28-9-3-10-29-51)52-30-11-4-12-31-52/h1-45H. The van der Waals surface area contributed by atoms with Crippen LogP contribution < -0.4 is 20.7 Å². The van der Waals surface area contributed by atoms with Crippen molar-refractivity contribution in [2.75, 3.05) is 0 Å². The summed E-state index contributed by atoms with van der Waals surface area (Å²) in [7, 11) is -3.16. The maximum Gasteiger partial charge on any atom is 0.181 e. The highest BCUT2D eigenvalue weighted by atomic mass is 28.3. The largest absolute Gasteiger partial charge is 0.309 e. The second-order valence-electron chi connectivity index (χ2n) is 18.4. The minimum Gasteiger partial charge on any atom is -0.309 e. The van der Waals surface area contributed by atoms with Crippen LogP contribution in [0.4, 0.5) is 0 Å². The highest BCUT2D eigenvalue weighted by Crippen LogP contribution is 2.40. The van der Waals surface area contributed by atoms with Gasteiger partial charge in [0.1, 0.15) is 0 Å². The number of hydrogen-bond donors (Lipinski definition) is 0. The molecule has 328 valence electrons. The van der Waals surface area contributed by atoms with E-state index < -0.39 is 8.07 Å². The van der Waals surface area contributed by atoms with Crippen LogP contribution in [0.15, 0.2) is 273 Å². The summed E-state index contributed by atoms with van der Waals surface area (Å²) < 4.78 is 7.56. The Kier molecular flexibility index (Phi) is 9.23. The van der Waals surface area contributed by atoms with E-state index in [9.17, 15) is 0 Å². The van der Waals surface area contributed by atoms with Gasteiger partial charge in [-0.2, -0.15) is 0 Å². The molecule has 3 aromatic heterocycles. The molecule has 0 saturated carbocycles. The van der Waals surface area contributed by atoms with E-state index in [1.165, 1.54) is 103 Å². The van der Waals surface area contributed by atoms with Crippen molar-refractivity contribution in [1.82, 2.24) is 13.7 Å². The van der Waals surface area contributed by atoms with Gasteiger partial charge in [0.15, 0.2) is 8.07 Å². The number of rotatable bonds is 8. The SMILES string of the molecule is c1ccc(-c2cccc(-n3c4ccccc4c4ccc(-n5c6ccccc6c6cc(-n7c8ccccc8c8ccccc87)c([Si](c7ccccc7)(c7ccccc7)c7ccccc7)cc65)cc43)c2)cc1. The number of aromatic nitrogens is 3. The zero-order valence-electron chi connectivity index (χ0n) is 38.3. The zero-order chi connectivity index (χ0) is 46.2. The summed E-state index contributed by atoms with van der Waals surface area (Å²) in [5.41, 5.74) is 12.9. The first kappa shape index (κ1) is 40.1. The molecular weight excluding hydrogens is 863 g/mol. The Balaban J connectivity index is 1.13. The van der Waals surface area contributed by atoms with Crippen LogP contribution in [-0.2, 0) is 0 Å². The van der Waals surface area contributed by atoms with Crippen LogP contribution in [-0.4, -0.2) is 21.8 Å². The molecule has 0 atom stereocenters. The van der Waals surface area contributed by atoms with Crippen molar-refractivity contribution in [2.24, 2.45) is 0 Å². The average Bonchev–Trinajstić information content (AvgIpc) is 4.07. The van der Waals surface area contributed by atoms with Crippen molar-refractivity contribution < 1.29 is 0 Å². The van der Waals surface area contributed by atoms with Crippen molar-refractivity contribution in [1.29, 1.82) is 0 Å². The first-order chi connectivity index (χ1) is 34.8. The van der Waals surface area contributed by atoms with Gasteiger partial charge in [-0.3, -0.25) is 0 Å². The predicted octanol–water partition coefficient (Wildman–Crippen LogP) is 14.0. The lowest BCUT2D eigenvalue weighted by Gasteiger charge is -2.36. The van der Waals surface area contributed by atoms with Gasteiger partial charge in [0.25, 0.3) is 0 Å². The molecule has 0 saturated heterocycles. The number of nitrogens with zero attached hydrogens (tertiary/aromatic N) is 3. The summed E-state index contributed by atoms with van der Waals surface area (Å²) in [6.45, 7) is 0. The van der Waals surface area contributed by atoms with Gasteiger partial charge in [0.2, 0.25) is 0 Å². The fraction of sp³-hybridized carbons (Fsp3) is 0. The monoisotopic (exact) mass is 907 g/mol. The second-order valence-corrected chi connectivity index (χ2v) is 22.2. The Morgan fingerprint density at radius 1 is 0.229 bits per heavy atom. The van der Waals surface area contributed by atoms with E-state index in [0.717, 1.165) is 11.4 Å². The highest BCUT2D eigenvalue weighted by molar-refractivity contribution is 7.20. The summed E-state index contributed by atoms with van der Waals surface area (Å²) in [4.78, 5) is 0. The summed E-state index contributed by atoms with van der Waals surface area (Å²) in [5.74, 6) is 0. The lowest BCUT2D eigenvalue weighted by Crippen LogP contribution is -2.75. The van der Waals surface area contributed by atoms with Crippen molar-refractivity contribution >= 4 is 94.2 Å². The van der Waals surface area contributed by atoms with Gasteiger partial charge >= 0.3 is 0 Å². The molecule has 0 spiro atoms. The summed E-state index contributed by atoms with van der Waals surface area (Å²) in [5, 5.41) is 12.7. The Hall–Kier alpha value is -8.96. The molecule has 0 unspecified atom stereocenters. The van der Waals surface area contributed by atoms with Gasteiger partial charge in [-0.1, -0.05) is 212 Å². The third kappa shape index (κ3) is 6.00. The van der Waals surface area contributed by atoms with Gasteiger partial charge in [-0.25, -0.2) is 0 Å². The average molecular weight is 908 g/mol. The van der Waals surface area contributed by atoms with E-state index in [2.05, 4.69) is 287 Å². The van der Waals surface area contributed by atoms with Crippen molar-refractivity contribution in [2.45, 2.75) is 0 Å². The van der Waals surface area contributed by atoms with E-state index in [4.69, 9.17) is 0 Å². The molecule has 0 N–H and O–H groups in total. The Bertz CT molecular complexity index is 4130. The smallest absolute Gasteiger partial charge is 0.181 e. The molecule has 14 aromatic rings. The number of fused-ring (bicyclic) bond motifs is 9. The minimum absolute atomic E-state index is 1.11. The Morgan fingerprint density at radius 2 is 0.614 bits per heavy atom. The molecule has 14 rings (SSSR count). The van der Waals surface area contributed by atoms with Gasteiger partial charge in [-0.05, 0) is 92.5 Å². The van der Waals surface area contributed by atoms with Gasteiger partial charge in [-0.15, -0.1) is 0 Å². The van der Waals surface area contributed by atoms with Crippen LogP contribution >= 0.6 is 0 Å². The van der Waals surface area contributed by atoms with Crippen molar-refractivity contribution in [3.05, 3.63) is 273 Å². The zero-order valence-corrected chi connectivity index (χ0v) is 39.3. The fourth-order valence-corrected chi connectivity index (χ4v) is 16.7. The summed E-state index contributed by atoms with van der Waals surface area (Å²) >= 11 is 0. The molecule has 4 heteroatoms. The maximum atomic E-state index is 2.59. The lowest BCUT2D eigenvalue weighted by atomic mass is 10.1. The first-order valence-corrected chi connectivity index (χ1v) is 26.2. The number of hydrogen-bond acceptors (Lipinski definition) is 0. The molecule has 0 bridgehead atoms. The number of para-hydroxylation sites is 4. The number of benzene rings is 11. The van der Waals surface area contributed by atoms with Crippen LogP contribution in [0.3, 0.4) is 0 Å². The van der Waals surface area contributed by atoms with Crippen LogP contribution in [0.25, 0.3) is 93.6 Å². The van der Waals surface area contributed by atoms with E-state index in [1.807, 2.05) is 0 Å². The predicted molar refractivity (Wildman–Crippen MR) is 299 cm³/mol. The third-order valence-corrected chi connectivity index (χ3v) is 19.6. The van der Waals surface area contributed by atoms with Crippen LogP contribution in [0, 0.1) is 0 Å². The second kappa shape index (κ2) is 16.1. The molecule has 3 heterocycles. The molecule has 0 fully saturated rings. The summed E-state index contributed by atoms with van der Waals surface area (Å²) in [6.07, 6.45) is 0. The molecule has 70 heavy (non-hydrogen) atoms. The highest BCUT2D eigenvalue weighted by Gasteiger charge is 2.44. The van der Waals surface area contributed by atoms with Gasteiger partial charge in [0.05, 0.1) is 33.1 Å². The molecule has 11 aromatic carbocycles. The van der Waals surface area contributed by atoms with E-state index >= 15 is 0 Å². The van der Waals surface area contributed by atoms with Gasteiger partial charge < -0.3 is 13.7 Å². The van der Waals surface area contributed by atoms with E-state index in [-0.39, 0.29) is 0 Å². The molecule has 0 aliphatic heterocycles. The Morgan fingerprint density at radius 3 is 1.13 bits per heavy atom. The van der Waals surface area contributed by atoms with Crippen LogP contribution in [0.2, 0.25) is 0 Å². The fourth-order valence-electron chi connectivity index (χ4n) is 11.8. The van der Waals surface area contributed by atoms with Crippen molar-refractivity contribution in [3.8, 4) is 28.2 Å². The first-order valence-electron chi connectivity index (χ1n) is 24.2. The molecule has 0 aliphatic carbocycles. The lowest BCUT2D eigenvalue weighted by molar-refractivity contribution is 1.15. The molecule has 0 aliphatic rings.